The fourth-order valence-electron chi connectivity index (χ4n) is 5.39. The molecule has 0 fully saturated rings. The Morgan fingerprint density at radius 1 is 1.17 bits per heavy atom. The highest BCUT2D eigenvalue weighted by Crippen LogP contribution is 2.40. The van der Waals surface area contributed by atoms with Crippen molar-refractivity contribution in [3.05, 3.63) is 82.6 Å². The number of benzene rings is 3. The minimum Gasteiger partial charge on any atom is -0.496 e. The molecule has 0 bridgehead atoms. The van der Waals surface area contributed by atoms with Crippen LogP contribution in [0.15, 0.2) is 71.5 Å². The first kappa shape index (κ1) is 28.3. The van der Waals surface area contributed by atoms with Crippen molar-refractivity contribution < 1.29 is 19.1 Å². The average Bonchev–Trinajstić information content (AvgIpc) is 3.36. The molecule has 4 aromatic rings. The second-order valence-electron chi connectivity index (χ2n) is 10.2. The van der Waals surface area contributed by atoms with E-state index in [-0.39, 0.29) is 24.9 Å². The molecule has 1 unspecified atom stereocenters. The summed E-state index contributed by atoms with van der Waals surface area (Å²) < 4.78 is 8.21. The summed E-state index contributed by atoms with van der Waals surface area (Å²) in [5, 5.41) is 9.00. The van der Waals surface area contributed by atoms with Gasteiger partial charge in [-0.25, -0.2) is 0 Å². The molecule has 0 saturated carbocycles. The molecule has 3 amide bonds. The Labute approximate surface area is 246 Å². The van der Waals surface area contributed by atoms with Crippen LogP contribution in [0.1, 0.15) is 22.8 Å². The van der Waals surface area contributed by atoms with Crippen molar-refractivity contribution >= 4 is 55.8 Å². The topological polar surface area (TPSA) is 123 Å². The second-order valence-corrected chi connectivity index (χ2v) is 11.1. The van der Waals surface area contributed by atoms with Gasteiger partial charge in [0.15, 0.2) is 0 Å². The van der Waals surface area contributed by atoms with Crippen LogP contribution in [0.4, 0.5) is 11.4 Å². The first-order valence-corrected chi connectivity index (χ1v) is 13.8. The number of hydrogen-bond acceptors (Lipinski definition) is 6. The van der Waals surface area contributed by atoms with Crippen molar-refractivity contribution in [3.63, 3.8) is 0 Å². The monoisotopic (exact) mass is 618 g/mol. The zero-order valence-corrected chi connectivity index (χ0v) is 24.8. The van der Waals surface area contributed by atoms with Gasteiger partial charge >= 0.3 is 0 Å². The van der Waals surface area contributed by atoms with Crippen LogP contribution in [0.2, 0.25) is 0 Å². The first-order chi connectivity index (χ1) is 19.6. The van der Waals surface area contributed by atoms with Crippen LogP contribution < -0.4 is 25.6 Å². The van der Waals surface area contributed by atoms with Crippen molar-refractivity contribution in [2.75, 3.05) is 30.5 Å². The number of para-hydroxylation sites is 2. The van der Waals surface area contributed by atoms with Crippen LogP contribution >= 0.6 is 15.9 Å². The van der Waals surface area contributed by atoms with E-state index in [1.165, 1.54) is 15.8 Å². The maximum Gasteiger partial charge on any atom is 0.261 e. The Morgan fingerprint density at radius 2 is 1.90 bits per heavy atom. The third-order valence-electron chi connectivity index (χ3n) is 7.90. The van der Waals surface area contributed by atoms with Crippen molar-refractivity contribution in [2.24, 2.45) is 18.7 Å². The lowest BCUT2D eigenvalue weighted by Crippen LogP contribution is -2.63. The number of amides is 3. The second kappa shape index (κ2) is 11.0. The zero-order valence-electron chi connectivity index (χ0n) is 23.2. The van der Waals surface area contributed by atoms with Crippen LogP contribution in [0, 0.1) is 5.92 Å². The molecular weight excluding hydrogens is 588 g/mol. The van der Waals surface area contributed by atoms with E-state index >= 15 is 0 Å². The van der Waals surface area contributed by atoms with Crippen LogP contribution in [-0.4, -0.2) is 53.7 Å². The highest BCUT2D eigenvalue weighted by atomic mass is 79.9. The SMILES string of the molecule is CNC(C)(C(N)=O)[C@@H]1CN(C(=O)c2cnn(C)c2)c2ccccc2N(Cc2c(OC)ccc3cc(Br)ccc23)C1=O. The molecule has 1 aliphatic rings. The van der Waals surface area contributed by atoms with Gasteiger partial charge in [-0.2, -0.15) is 5.10 Å². The predicted molar refractivity (Wildman–Crippen MR) is 161 cm³/mol. The molecule has 41 heavy (non-hydrogen) atoms. The van der Waals surface area contributed by atoms with E-state index in [1.807, 2.05) is 42.5 Å². The van der Waals surface area contributed by atoms with Crippen molar-refractivity contribution in [1.82, 2.24) is 15.1 Å². The molecule has 2 atom stereocenters. The number of ether oxygens (including phenoxy) is 1. The Balaban J connectivity index is 1.72. The van der Waals surface area contributed by atoms with E-state index in [1.54, 1.807) is 51.4 Å². The van der Waals surface area contributed by atoms with Gasteiger partial charge in [0.05, 0.1) is 42.7 Å². The van der Waals surface area contributed by atoms with Crippen LogP contribution in [0.5, 0.6) is 5.75 Å². The third-order valence-corrected chi connectivity index (χ3v) is 8.40. The van der Waals surface area contributed by atoms with E-state index in [2.05, 4.69) is 26.3 Å². The number of anilines is 2. The Morgan fingerprint density at radius 3 is 2.54 bits per heavy atom. The largest absolute Gasteiger partial charge is 0.496 e. The molecule has 2 heterocycles. The minimum atomic E-state index is -1.46. The molecule has 0 aliphatic carbocycles. The lowest BCUT2D eigenvalue weighted by molar-refractivity contribution is -0.133. The number of methoxy groups -OCH3 is 1. The number of carbonyl (C=O) groups excluding carboxylic acids is 3. The summed E-state index contributed by atoms with van der Waals surface area (Å²) in [4.78, 5) is 44.5. The van der Waals surface area contributed by atoms with Gasteiger partial charge in [-0.1, -0.05) is 40.2 Å². The number of nitrogens with two attached hydrogens (primary N) is 1. The van der Waals surface area contributed by atoms with Crippen molar-refractivity contribution in [1.29, 1.82) is 0 Å². The van der Waals surface area contributed by atoms with E-state index in [0.29, 0.717) is 22.7 Å². The fourth-order valence-corrected chi connectivity index (χ4v) is 5.76. The number of rotatable bonds is 7. The number of aryl methyl sites for hydroxylation is 1. The zero-order chi connectivity index (χ0) is 29.5. The van der Waals surface area contributed by atoms with Crippen molar-refractivity contribution in [3.8, 4) is 5.75 Å². The number of hydrogen-bond donors (Lipinski definition) is 2. The van der Waals surface area contributed by atoms with E-state index in [0.717, 1.165) is 20.8 Å². The van der Waals surface area contributed by atoms with Crippen LogP contribution in [0.25, 0.3) is 10.8 Å². The number of primary amides is 1. The van der Waals surface area contributed by atoms with E-state index < -0.39 is 17.4 Å². The predicted octanol–water partition coefficient (Wildman–Crippen LogP) is 3.62. The fraction of sp³-hybridized carbons (Fsp3) is 0.267. The van der Waals surface area contributed by atoms with Gasteiger partial charge in [0.1, 0.15) is 11.3 Å². The van der Waals surface area contributed by atoms with E-state index in [9.17, 15) is 14.4 Å². The Hall–Kier alpha value is -4.22. The third kappa shape index (κ3) is 4.95. The maximum absolute atomic E-state index is 14.6. The summed E-state index contributed by atoms with van der Waals surface area (Å²) in [6.07, 6.45) is 3.10. The van der Waals surface area contributed by atoms with Gasteiger partial charge in [0.25, 0.3) is 5.91 Å². The van der Waals surface area contributed by atoms with Gasteiger partial charge in [-0.15, -0.1) is 0 Å². The van der Waals surface area contributed by atoms with Gasteiger partial charge in [-0.3, -0.25) is 19.1 Å². The highest BCUT2D eigenvalue weighted by Gasteiger charge is 2.49. The molecule has 10 nitrogen and oxygen atoms in total. The molecule has 3 N–H and O–H groups in total. The van der Waals surface area contributed by atoms with Crippen LogP contribution in [-0.2, 0) is 23.2 Å². The quantitative estimate of drug-likeness (QED) is 0.326. The summed E-state index contributed by atoms with van der Waals surface area (Å²) in [6.45, 7) is 1.64. The van der Waals surface area contributed by atoms with Crippen LogP contribution in [0.3, 0.4) is 0 Å². The van der Waals surface area contributed by atoms with Crippen molar-refractivity contribution in [2.45, 2.75) is 19.0 Å². The molecule has 0 spiro atoms. The summed E-state index contributed by atoms with van der Waals surface area (Å²) in [6, 6.07) is 17.0. The molecule has 3 aromatic carbocycles. The standard InChI is InChI=1S/C30H31BrN6O4/c1-30(33-2,29(32)40)23-17-37(27(38)19-14-34-35(3)15-19)25-8-6-5-7-24(25)36(28(23)39)16-22-21-11-10-20(31)13-18(21)9-12-26(22)41-4/h5-15,23,33H,16-17H2,1-4H3,(H2,32,40)/t23-,30?/m1/s1. The summed E-state index contributed by atoms with van der Waals surface area (Å²) in [5.41, 5.74) is 6.62. The number of fused-ring (bicyclic) bond motifs is 2. The normalized spacial score (nSPS) is 16.7. The number of carbonyl (C=O) groups is 3. The summed E-state index contributed by atoms with van der Waals surface area (Å²) in [5.74, 6) is -1.81. The lowest BCUT2D eigenvalue weighted by atomic mass is 9.83. The Kier molecular flexibility index (Phi) is 7.58. The molecule has 1 aliphatic heterocycles. The molecule has 1 aromatic heterocycles. The molecule has 5 rings (SSSR count). The number of aromatic nitrogens is 2. The maximum atomic E-state index is 14.6. The van der Waals surface area contributed by atoms with Gasteiger partial charge in [0.2, 0.25) is 11.8 Å². The molecule has 212 valence electrons. The molecule has 0 saturated heterocycles. The average molecular weight is 620 g/mol. The number of likely N-dealkylation sites (N-methyl/N-ethyl adjacent to an activating group) is 1. The Bertz CT molecular complexity index is 1670. The highest BCUT2D eigenvalue weighted by molar-refractivity contribution is 9.10. The summed E-state index contributed by atoms with van der Waals surface area (Å²) in [7, 11) is 4.89. The summed E-state index contributed by atoms with van der Waals surface area (Å²) >= 11 is 3.53. The smallest absolute Gasteiger partial charge is 0.261 e. The van der Waals surface area contributed by atoms with E-state index in [4.69, 9.17) is 10.5 Å². The molecule has 0 radical (unpaired) electrons. The number of nitrogens with one attached hydrogen (secondary N) is 1. The number of nitrogens with zero attached hydrogens (tertiary/aromatic N) is 4. The van der Waals surface area contributed by atoms with Gasteiger partial charge < -0.3 is 25.6 Å². The molecular formula is C30H31BrN6O4. The van der Waals surface area contributed by atoms with Gasteiger partial charge in [-0.05, 0) is 55.1 Å². The van der Waals surface area contributed by atoms with Gasteiger partial charge in [0, 0.05) is 29.8 Å². The molecule has 11 heteroatoms. The lowest BCUT2D eigenvalue weighted by Gasteiger charge is -2.36. The first-order valence-electron chi connectivity index (χ1n) is 13.0. The minimum absolute atomic E-state index is 0.0834. The number of halogens is 1.